The zero-order valence-corrected chi connectivity index (χ0v) is 12.0. The molecule has 100 valence electrons. The van der Waals surface area contributed by atoms with Crippen molar-refractivity contribution < 1.29 is 9.13 Å². The smallest absolute Gasteiger partial charge is 0.141 e. The lowest BCUT2D eigenvalue weighted by Crippen LogP contribution is -2.03. The van der Waals surface area contributed by atoms with Crippen LogP contribution >= 0.6 is 15.9 Å². The monoisotopic (exact) mass is 323 g/mol. The number of hydrogen-bond acceptors (Lipinski definition) is 2. The van der Waals surface area contributed by atoms with Gasteiger partial charge in [0.2, 0.25) is 0 Å². The highest BCUT2D eigenvalue weighted by Gasteiger charge is 2.02. The summed E-state index contributed by atoms with van der Waals surface area (Å²) in [6.45, 7) is 1.07. The van der Waals surface area contributed by atoms with Crippen LogP contribution in [0.25, 0.3) is 0 Å². The maximum absolute atomic E-state index is 13.3. The van der Waals surface area contributed by atoms with Crippen molar-refractivity contribution in [3.8, 4) is 5.75 Å². The van der Waals surface area contributed by atoms with E-state index in [0.717, 1.165) is 12.0 Å². The molecule has 0 bridgehead atoms. The van der Waals surface area contributed by atoms with Crippen molar-refractivity contribution in [3.63, 3.8) is 0 Å². The first-order valence-corrected chi connectivity index (χ1v) is 6.84. The van der Waals surface area contributed by atoms with Gasteiger partial charge < -0.3 is 10.5 Å². The molecule has 0 atom stereocenters. The van der Waals surface area contributed by atoms with Crippen molar-refractivity contribution in [2.75, 3.05) is 6.54 Å². The zero-order chi connectivity index (χ0) is 13.7. The summed E-state index contributed by atoms with van der Waals surface area (Å²) in [6.07, 6.45) is 0.874. The normalized spacial score (nSPS) is 10.5. The number of ether oxygens (including phenoxy) is 1. The van der Waals surface area contributed by atoms with E-state index >= 15 is 0 Å². The second-order valence-electron chi connectivity index (χ2n) is 4.22. The van der Waals surface area contributed by atoms with Crippen LogP contribution in [0.3, 0.4) is 0 Å². The minimum absolute atomic E-state index is 0.323. The van der Waals surface area contributed by atoms with Gasteiger partial charge >= 0.3 is 0 Å². The second kappa shape index (κ2) is 6.68. The summed E-state index contributed by atoms with van der Waals surface area (Å²) in [4.78, 5) is 0. The number of benzene rings is 2. The van der Waals surface area contributed by atoms with Crippen LogP contribution in [0, 0.1) is 5.82 Å². The minimum atomic E-state index is -0.323. The SMILES string of the molecule is NCCc1ccc(COc2ccc(Br)c(F)c2)cc1. The molecule has 0 aromatic heterocycles. The summed E-state index contributed by atoms with van der Waals surface area (Å²) >= 11 is 3.11. The van der Waals surface area contributed by atoms with E-state index < -0.39 is 0 Å². The fourth-order valence-corrected chi connectivity index (χ4v) is 1.95. The maximum atomic E-state index is 13.3. The fourth-order valence-electron chi connectivity index (χ4n) is 1.70. The second-order valence-corrected chi connectivity index (χ2v) is 5.07. The quantitative estimate of drug-likeness (QED) is 0.911. The first-order valence-electron chi connectivity index (χ1n) is 6.05. The maximum Gasteiger partial charge on any atom is 0.141 e. The lowest BCUT2D eigenvalue weighted by Gasteiger charge is -2.07. The molecule has 2 N–H and O–H groups in total. The summed E-state index contributed by atoms with van der Waals surface area (Å²) < 4.78 is 19.3. The van der Waals surface area contributed by atoms with Gasteiger partial charge in [0.25, 0.3) is 0 Å². The van der Waals surface area contributed by atoms with Crippen molar-refractivity contribution >= 4 is 15.9 Å². The number of rotatable bonds is 5. The molecule has 2 rings (SSSR count). The van der Waals surface area contributed by atoms with E-state index in [-0.39, 0.29) is 5.82 Å². The zero-order valence-electron chi connectivity index (χ0n) is 10.4. The van der Waals surface area contributed by atoms with Gasteiger partial charge in [-0.3, -0.25) is 0 Å². The highest BCUT2D eigenvalue weighted by atomic mass is 79.9. The van der Waals surface area contributed by atoms with Crippen LogP contribution in [0.5, 0.6) is 5.75 Å². The highest BCUT2D eigenvalue weighted by Crippen LogP contribution is 2.21. The van der Waals surface area contributed by atoms with Crippen molar-refractivity contribution in [3.05, 3.63) is 63.9 Å². The third-order valence-corrected chi connectivity index (χ3v) is 3.40. The van der Waals surface area contributed by atoms with Gasteiger partial charge in [0, 0.05) is 6.07 Å². The molecule has 0 heterocycles. The van der Waals surface area contributed by atoms with Crippen LogP contribution in [0.15, 0.2) is 46.9 Å². The average Bonchev–Trinajstić information content (AvgIpc) is 2.42. The van der Waals surface area contributed by atoms with Crippen LogP contribution in [0.1, 0.15) is 11.1 Å². The Hall–Kier alpha value is -1.39. The van der Waals surface area contributed by atoms with Gasteiger partial charge in [-0.2, -0.15) is 0 Å². The molecule has 0 saturated heterocycles. The van der Waals surface area contributed by atoms with Gasteiger partial charge in [0.05, 0.1) is 4.47 Å². The molecule has 19 heavy (non-hydrogen) atoms. The minimum Gasteiger partial charge on any atom is -0.489 e. The number of halogens is 2. The van der Waals surface area contributed by atoms with E-state index in [1.165, 1.54) is 11.6 Å². The molecule has 2 nitrogen and oxygen atoms in total. The Morgan fingerprint density at radius 2 is 1.74 bits per heavy atom. The summed E-state index contributed by atoms with van der Waals surface area (Å²) in [5, 5.41) is 0. The first kappa shape index (κ1) is 14.0. The topological polar surface area (TPSA) is 35.2 Å². The van der Waals surface area contributed by atoms with Gasteiger partial charge in [-0.1, -0.05) is 24.3 Å². The molecule has 0 spiro atoms. The summed E-state index contributed by atoms with van der Waals surface area (Å²) in [5.41, 5.74) is 7.75. The van der Waals surface area contributed by atoms with Gasteiger partial charge in [0.1, 0.15) is 18.2 Å². The summed E-state index contributed by atoms with van der Waals surface area (Å²) in [6, 6.07) is 12.8. The molecule has 0 saturated carbocycles. The third-order valence-electron chi connectivity index (χ3n) is 2.75. The number of nitrogens with two attached hydrogens (primary N) is 1. The highest BCUT2D eigenvalue weighted by molar-refractivity contribution is 9.10. The lowest BCUT2D eigenvalue weighted by molar-refractivity contribution is 0.304. The largest absolute Gasteiger partial charge is 0.489 e. The fraction of sp³-hybridized carbons (Fsp3) is 0.200. The molecule has 0 fully saturated rings. The molecule has 2 aromatic rings. The van der Waals surface area contributed by atoms with Crippen LogP contribution < -0.4 is 10.5 Å². The van der Waals surface area contributed by atoms with Crippen molar-refractivity contribution in [1.29, 1.82) is 0 Å². The molecule has 0 radical (unpaired) electrons. The Labute approximate surface area is 120 Å². The Kier molecular flexibility index (Phi) is 4.93. The Bertz CT molecular complexity index is 542. The van der Waals surface area contributed by atoms with Gasteiger partial charge in [-0.15, -0.1) is 0 Å². The van der Waals surface area contributed by atoms with E-state index in [2.05, 4.69) is 15.9 Å². The predicted octanol–water partition coefficient (Wildman–Crippen LogP) is 3.67. The van der Waals surface area contributed by atoms with Gasteiger partial charge in [0.15, 0.2) is 0 Å². The van der Waals surface area contributed by atoms with Crippen LogP contribution in [-0.4, -0.2) is 6.54 Å². The summed E-state index contributed by atoms with van der Waals surface area (Å²) in [7, 11) is 0. The molecule has 0 aliphatic carbocycles. The van der Waals surface area contributed by atoms with Crippen molar-refractivity contribution in [1.82, 2.24) is 0 Å². The van der Waals surface area contributed by atoms with Crippen LogP contribution in [-0.2, 0) is 13.0 Å². The molecule has 0 unspecified atom stereocenters. The molecule has 0 aliphatic heterocycles. The van der Waals surface area contributed by atoms with Crippen molar-refractivity contribution in [2.45, 2.75) is 13.0 Å². The van der Waals surface area contributed by atoms with Crippen molar-refractivity contribution in [2.24, 2.45) is 5.73 Å². The first-order chi connectivity index (χ1) is 9.19. The molecular formula is C15H15BrFNO. The molecule has 0 aliphatic rings. The predicted molar refractivity (Wildman–Crippen MR) is 77.6 cm³/mol. The van der Waals surface area contributed by atoms with E-state index in [4.69, 9.17) is 10.5 Å². The van der Waals surface area contributed by atoms with E-state index in [1.807, 2.05) is 24.3 Å². The van der Waals surface area contributed by atoms with Crippen LogP contribution in [0.4, 0.5) is 4.39 Å². The standard InChI is InChI=1S/C15H15BrFNO/c16-14-6-5-13(9-15(14)17)19-10-12-3-1-11(2-4-12)7-8-18/h1-6,9H,7-8,10,18H2. The molecule has 2 aromatic carbocycles. The van der Waals surface area contributed by atoms with E-state index in [0.29, 0.717) is 23.4 Å². The molecule has 0 amide bonds. The van der Waals surface area contributed by atoms with E-state index in [1.54, 1.807) is 12.1 Å². The lowest BCUT2D eigenvalue weighted by atomic mass is 10.1. The number of hydrogen-bond donors (Lipinski definition) is 1. The van der Waals surface area contributed by atoms with E-state index in [9.17, 15) is 4.39 Å². The Morgan fingerprint density at radius 3 is 2.37 bits per heavy atom. The molecule has 4 heteroatoms. The Morgan fingerprint density at radius 1 is 1.05 bits per heavy atom. The van der Waals surface area contributed by atoms with Crippen LogP contribution in [0.2, 0.25) is 0 Å². The average molecular weight is 324 g/mol. The van der Waals surface area contributed by atoms with Gasteiger partial charge in [-0.25, -0.2) is 4.39 Å². The molecular weight excluding hydrogens is 309 g/mol. The Balaban J connectivity index is 1.96. The third kappa shape index (κ3) is 4.04. The summed E-state index contributed by atoms with van der Waals surface area (Å²) in [5.74, 6) is 0.197. The van der Waals surface area contributed by atoms with Gasteiger partial charge in [-0.05, 0) is 52.2 Å².